The molecule has 45 heavy (non-hydrogen) atoms. The quantitative estimate of drug-likeness (QED) is 0.210. The summed E-state index contributed by atoms with van der Waals surface area (Å²) in [6.45, 7) is 6.30. The van der Waals surface area contributed by atoms with Crippen molar-refractivity contribution in [1.29, 1.82) is 0 Å². The molecular formula is C31H37N5O9. The smallest absolute Gasteiger partial charge is 0.351 e. The SMILES string of the molecule is C#C[C@@]1(C)[C@@H](COC(Cc2ccc(N3CCCNC3=O)cc2)(C(C)=O)C(=O)OCC)O[C@@H](n2ccc(N)nc2=O)[C@@H]1OC(C)=O. The zero-order chi connectivity index (χ0) is 32.9. The summed E-state index contributed by atoms with van der Waals surface area (Å²) in [6, 6.07) is 8.00. The van der Waals surface area contributed by atoms with Crippen molar-refractivity contribution in [1.82, 2.24) is 14.9 Å². The van der Waals surface area contributed by atoms with Crippen LogP contribution < -0.4 is 21.6 Å². The number of nitrogens with one attached hydrogen (secondary N) is 1. The average molecular weight is 624 g/mol. The second-order valence-corrected chi connectivity index (χ2v) is 11.0. The van der Waals surface area contributed by atoms with Crippen LogP contribution in [-0.4, -0.2) is 77.4 Å². The summed E-state index contributed by atoms with van der Waals surface area (Å²) < 4.78 is 24.3. The van der Waals surface area contributed by atoms with Gasteiger partial charge in [0.1, 0.15) is 11.9 Å². The Morgan fingerprint density at radius 2 is 1.93 bits per heavy atom. The normalized spacial score (nSPS) is 24.2. The van der Waals surface area contributed by atoms with E-state index < -0.39 is 59.5 Å². The standard InChI is InChI=1S/C31H37N5O9/c1-6-30(5)23(45-26(25(30)44-20(4)38)36-16-13-24(32)34-29(36)41)18-43-31(19(3)37,27(39)42-7-2)17-21-9-11-22(12-10-21)35-15-8-14-33-28(35)40/h1,9-13,16,23,25-26H,7-8,14-15,17-18H2,2-5H3,(H,33,40)(H2,32,34,41)/t23-,25+,26-,30+,31?/m1/s1. The molecular weight excluding hydrogens is 586 g/mol. The Labute approximate surface area is 260 Å². The molecule has 5 atom stereocenters. The second-order valence-electron chi connectivity index (χ2n) is 11.0. The number of terminal acetylenes is 1. The van der Waals surface area contributed by atoms with Crippen molar-refractivity contribution in [3.8, 4) is 12.3 Å². The first-order chi connectivity index (χ1) is 21.4. The number of hydrogen-bond donors (Lipinski definition) is 2. The molecule has 2 aromatic rings. The maximum atomic E-state index is 13.4. The van der Waals surface area contributed by atoms with E-state index in [2.05, 4.69) is 16.2 Å². The number of benzene rings is 1. The van der Waals surface area contributed by atoms with Crippen molar-refractivity contribution in [3.63, 3.8) is 0 Å². The van der Waals surface area contributed by atoms with Crippen LogP contribution in [0.15, 0.2) is 41.3 Å². The topological polar surface area (TPSA) is 181 Å². The number of nitrogens with zero attached hydrogens (tertiary/aromatic N) is 3. The molecule has 3 heterocycles. The van der Waals surface area contributed by atoms with Gasteiger partial charge in [-0.1, -0.05) is 18.1 Å². The third-order valence-electron chi connectivity index (χ3n) is 7.99. The molecule has 0 bridgehead atoms. The molecule has 0 spiro atoms. The van der Waals surface area contributed by atoms with Gasteiger partial charge in [-0.2, -0.15) is 4.98 Å². The van der Waals surface area contributed by atoms with Gasteiger partial charge >= 0.3 is 23.7 Å². The van der Waals surface area contributed by atoms with E-state index in [4.69, 9.17) is 31.1 Å². The number of urea groups is 1. The zero-order valence-corrected chi connectivity index (χ0v) is 25.6. The minimum atomic E-state index is -2.10. The van der Waals surface area contributed by atoms with E-state index in [9.17, 15) is 24.0 Å². The van der Waals surface area contributed by atoms with Gasteiger partial charge in [-0.3, -0.25) is 19.1 Å². The maximum Gasteiger partial charge on any atom is 0.351 e. The molecule has 2 amide bonds. The Morgan fingerprint density at radius 1 is 1.22 bits per heavy atom. The highest BCUT2D eigenvalue weighted by molar-refractivity contribution is 6.06. The zero-order valence-electron chi connectivity index (χ0n) is 25.6. The van der Waals surface area contributed by atoms with Gasteiger partial charge in [0, 0.05) is 38.3 Å². The first-order valence-corrected chi connectivity index (χ1v) is 14.5. The molecule has 1 aromatic carbocycles. The third kappa shape index (κ3) is 6.69. The van der Waals surface area contributed by atoms with Crippen molar-refractivity contribution in [3.05, 3.63) is 52.6 Å². The number of carbonyl (C=O) groups excluding carboxylic acids is 4. The van der Waals surface area contributed by atoms with Crippen LogP contribution >= 0.6 is 0 Å². The Hall–Kier alpha value is -4.74. The van der Waals surface area contributed by atoms with Gasteiger partial charge in [0.2, 0.25) is 5.60 Å². The van der Waals surface area contributed by atoms with Gasteiger partial charge in [0.05, 0.1) is 18.6 Å². The third-order valence-corrected chi connectivity index (χ3v) is 7.99. The summed E-state index contributed by atoms with van der Waals surface area (Å²) in [6.07, 6.45) is 4.40. The van der Waals surface area contributed by atoms with Crippen LogP contribution in [0.1, 0.15) is 45.9 Å². The number of nitrogens with two attached hydrogens (primary N) is 1. The predicted octanol–water partition coefficient (Wildman–Crippen LogP) is 1.36. The van der Waals surface area contributed by atoms with Crippen LogP contribution in [0.5, 0.6) is 0 Å². The van der Waals surface area contributed by atoms with E-state index in [1.165, 1.54) is 26.1 Å². The monoisotopic (exact) mass is 623 g/mol. The van der Waals surface area contributed by atoms with E-state index in [-0.39, 0.29) is 24.9 Å². The van der Waals surface area contributed by atoms with Crippen molar-refractivity contribution in [2.24, 2.45) is 5.41 Å². The highest BCUT2D eigenvalue weighted by atomic mass is 16.6. The molecule has 2 aliphatic heterocycles. The van der Waals surface area contributed by atoms with E-state index in [1.807, 2.05) is 0 Å². The van der Waals surface area contributed by atoms with Gasteiger partial charge in [0.25, 0.3) is 0 Å². The minimum Gasteiger partial charge on any atom is -0.463 e. The highest BCUT2D eigenvalue weighted by Crippen LogP contribution is 2.45. The van der Waals surface area contributed by atoms with Crippen molar-refractivity contribution >= 4 is 35.3 Å². The van der Waals surface area contributed by atoms with Gasteiger partial charge in [-0.25, -0.2) is 14.4 Å². The number of aromatic nitrogens is 2. The lowest BCUT2D eigenvalue weighted by Crippen LogP contribution is -2.53. The Balaban J connectivity index is 1.66. The summed E-state index contributed by atoms with van der Waals surface area (Å²) in [5, 5.41) is 2.79. The van der Waals surface area contributed by atoms with Crippen LogP contribution in [0.3, 0.4) is 0 Å². The summed E-state index contributed by atoms with van der Waals surface area (Å²) >= 11 is 0. The molecule has 1 aromatic heterocycles. The molecule has 4 rings (SSSR count). The molecule has 14 nitrogen and oxygen atoms in total. The fourth-order valence-electron chi connectivity index (χ4n) is 5.41. The van der Waals surface area contributed by atoms with Gasteiger partial charge in [-0.05, 0) is 51.0 Å². The number of nitrogen functional groups attached to an aromatic ring is 1. The van der Waals surface area contributed by atoms with Crippen LogP contribution in [0.25, 0.3) is 0 Å². The first kappa shape index (κ1) is 33.2. The van der Waals surface area contributed by atoms with E-state index in [1.54, 1.807) is 43.0 Å². The number of Topliss-reactive ketones (excluding diaryl/α,β-unsaturated/α-hetero) is 1. The molecule has 0 saturated carbocycles. The number of rotatable bonds is 11. The molecule has 2 aliphatic rings. The Morgan fingerprint density at radius 3 is 2.51 bits per heavy atom. The van der Waals surface area contributed by atoms with Gasteiger partial charge in [0.15, 0.2) is 18.1 Å². The number of anilines is 2. The average Bonchev–Trinajstić information content (AvgIpc) is 3.26. The molecule has 2 saturated heterocycles. The molecule has 14 heteroatoms. The number of amides is 2. The summed E-state index contributed by atoms with van der Waals surface area (Å²) in [5.74, 6) is 0.362. The molecule has 0 radical (unpaired) electrons. The van der Waals surface area contributed by atoms with Gasteiger partial charge < -0.3 is 30.0 Å². The van der Waals surface area contributed by atoms with Crippen molar-refractivity contribution < 1.29 is 38.1 Å². The summed E-state index contributed by atoms with van der Waals surface area (Å²) in [5.41, 5.74) is 2.59. The first-order valence-electron chi connectivity index (χ1n) is 14.5. The van der Waals surface area contributed by atoms with Gasteiger partial charge in [-0.15, -0.1) is 6.42 Å². The van der Waals surface area contributed by atoms with Crippen molar-refractivity contribution in [2.45, 2.75) is 64.6 Å². The van der Waals surface area contributed by atoms with Crippen molar-refractivity contribution in [2.75, 3.05) is 36.9 Å². The lowest BCUT2D eigenvalue weighted by Gasteiger charge is -2.33. The predicted molar refractivity (Wildman–Crippen MR) is 161 cm³/mol. The molecule has 240 valence electrons. The maximum absolute atomic E-state index is 13.4. The lowest BCUT2D eigenvalue weighted by atomic mass is 9.81. The summed E-state index contributed by atoms with van der Waals surface area (Å²) in [4.78, 5) is 69.1. The minimum absolute atomic E-state index is 0.0219. The largest absolute Gasteiger partial charge is 0.463 e. The fraction of sp³-hybridized carbons (Fsp3) is 0.484. The second kappa shape index (κ2) is 13.5. The summed E-state index contributed by atoms with van der Waals surface area (Å²) in [7, 11) is 0. The molecule has 3 N–H and O–H groups in total. The van der Waals surface area contributed by atoms with E-state index in [0.29, 0.717) is 24.3 Å². The lowest BCUT2D eigenvalue weighted by molar-refractivity contribution is -0.183. The number of hydrogen-bond acceptors (Lipinski definition) is 11. The number of esters is 2. The number of ether oxygens (including phenoxy) is 4. The van der Waals surface area contributed by atoms with E-state index >= 15 is 0 Å². The van der Waals surface area contributed by atoms with Crippen LogP contribution in [-0.2, 0) is 39.8 Å². The Kier molecular flexibility index (Phi) is 9.94. The Bertz CT molecular complexity index is 1550. The molecule has 2 fully saturated rings. The van der Waals surface area contributed by atoms with Crippen LogP contribution in [0.4, 0.5) is 16.3 Å². The highest BCUT2D eigenvalue weighted by Gasteiger charge is 2.57. The van der Waals surface area contributed by atoms with E-state index in [0.717, 1.165) is 11.0 Å². The number of ketones is 1. The number of carbonyl (C=O) groups is 4. The molecule has 1 unspecified atom stereocenters. The fourth-order valence-corrected chi connectivity index (χ4v) is 5.41. The molecule has 0 aliphatic carbocycles. The van der Waals surface area contributed by atoms with Crippen LogP contribution in [0, 0.1) is 17.8 Å². The van der Waals surface area contributed by atoms with Crippen LogP contribution in [0.2, 0.25) is 0 Å².